The summed E-state index contributed by atoms with van der Waals surface area (Å²) in [6.07, 6.45) is 6.04. The minimum absolute atomic E-state index is 0.299. The van der Waals surface area contributed by atoms with Crippen LogP contribution in [0, 0.1) is 0 Å². The predicted molar refractivity (Wildman–Crippen MR) is 109 cm³/mol. The van der Waals surface area contributed by atoms with E-state index in [1.807, 2.05) is 19.9 Å². The van der Waals surface area contributed by atoms with Gasteiger partial charge in [0.1, 0.15) is 0 Å². The molecule has 0 saturated carbocycles. The van der Waals surface area contributed by atoms with Gasteiger partial charge in [0.2, 0.25) is 0 Å². The van der Waals surface area contributed by atoms with Crippen molar-refractivity contribution in [1.29, 1.82) is 0 Å². The molecule has 26 heavy (non-hydrogen) atoms. The van der Waals surface area contributed by atoms with Gasteiger partial charge in [-0.05, 0) is 71.6 Å². The van der Waals surface area contributed by atoms with E-state index in [1.54, 1.807) is 20.8 Å². The van der Waals surface area contributed by atoms with Crippen LogP contribution in [0.15, 0.2) is 18.2 Å². The van der Waals surface area contributed by atoms with Crippen molar-refractivity contribution in [2.45, 2.75) is 77.9 Å². The fourth-order valence-corrected chi connectivity index (χ4v) is 3.91. The Hall–Kier alpha value is -1.23. The number of unbranched alkanes of at least 4 members (excludes halogenated alkanes) is 4. The van der Waals surface area contributed by atoms with Crippen molar-refractivity contribution in [2.75, 3.05) is 19.0 Å². The molecular formula is C21H36O4S. The standard InChI is InChI=1S/C21H36O4S/c1-6-24-19-15-14-18(17-20(19)25-7-2)13-11-9-8-10-12-16-26(22,23)21(3,4)5/h14-15,17H,6-13,16H2,1-5H3. The monoisotopic (exact) mass is 384 g/mol. The summed E-state index contributed by atoms with van der Waals surface area (Å²) in [5.41, 5.74) is 1.26. The van der Waals surface area contributed by atoms with Gasteiger partial charge in [-0.2, -0.15) is 0 Å². The molecule has 0 aliphatic heterocycles. The van der Waals surface area contributed by atoms with E-state index >= 15 is 0 Å². The first kappa shape index (κ1) is 22.8. The molecular weight excluding hydrogens is 348 g/mol. The minimum atomic E-state index is -2.98. The second-order valence-electron chi connectivity index (χ2n) is 7.60. The highest BCUT2D eigenvalue weighted by molar-refractivity contribution is 7.92. The van der Waals surface area contributed by atoms with Crippen molar-refractivity contribution in [3.63, 3.8) is 0 Å². The Morgan fingerprint density at radius 1 is 0.846 bits per heavy atom. The highest BCUT2D eigenvalue weighted by Crippen LogP contribution is 2.29. The first-order valence-electron chi connectivity index (χ1n) is 9.82. The predicted octanol–water partition coefficient (Wildman–Crippen LogP) is 5.19. The van der Waals surface area contributed by atoms with Gasteiger partial charge in [0.15, 0.2) is 21.3 Å². The zero-order valence-electron chi connectivity index (χ0n) is 17.1. The van der Waals surface area contributed by atoms with Crippen molar-refractivity contribution in [1.82, 2.24) is 0 Å². The first-order chi connectivity index (χ1) is 12.2. The number of sulfone groups is 1. The minimum Gasteiger partial charge on any atom is -0.490 e. The molecule has 0 unspecified atom stereocenters. The average Bonchev–Trinajstić information content (AvgIpc) is 2.55. The molecule has 1 aromatic carbocycles. The molecule has 0 amide bonds. The fourth-order valence-electron chi connectivity index (χ4n) is 2.71. The first-order valence-corrected chi connectivity index (χ1v) is 11.5. The summed E-state index contributed by atoms with van der Waals surface area (Å²) >= 11 is 0. The molecule has 1 rings (SSSR count). The van der Waals surface area contributed by atoms with Gasteiger partial charge in [-0.1, -0.05) is 25.3 Å². The Kier molecular flexibility index (Phi) is 9.48. The van der Waals surface area contributed by atoms with Crippen molar-refractivity contribution < 1.29 is 17.9 Å². The van der Waals surface area contributed by atoms with Crippen LogP contribution in [-0.4, -0.2) is 32.1 Å². The lowest BCUT2D eigenvalue weighted by Gasteiger charge is -2.18. The summed E-state index contributed by atoms with van der Waals surface area (Å²) in [5.74, 6) is 1.92. The van der Waals surface area contributed by atoms with Crippen LogP contribution in [0.3, 0.4) is 0 Å². The molecule has 0 spiro atoms. The van der Waals surface area contributed by atoms with Crippen molar-refractivity contribution >= 4 is 9.84 Å². The maximum absolute atomic E-state index is 12.1. The van der Waals surface area contributed by atoms with E-state index in [-0.39, 0.29) is 0 Å². The molecule has 0 radical (unpaired) electrons. The van der Waals surface area contributed by atoms with Gasteiger partial charge in [0.25, 0.3) is 0 Å². The third-order valence-electron chi connectivity index (χ3n) is 4.42. The Bertz CT molecular complexity index is 630. The van der Waals surface area contributed by atoms with Gasteiger partial charge in [-0.15, -0.1) is 0 Å². The van der Waals surface area contributed by atoms with E-state index in [2.05, 4.69) is 12.1 Å². The fraction of sp³-hybridized carbons (Fsp3) is 0.714. The van der Waals surface area contributed by atoms with Crippen LogP contribution < -0.4 is 9.47 Å². The summed E-state index contributed by atoms with van der Waals surface area (Å²) in [5, 5.41) is 0. The molecule has 1 aromatic rings. The van der Waals surface area contributed by atoms with Gasteiger partial charge in [0.05, 0.1) is 23.7 Å². The van der Waals surface area contributed by atoms with Crippen molar-refractivity contribution in [3.05, 3.63) is 23.8 Å². The topological polar surface area (TPSA) is 52.6 Å². The molecule has 4 nitrogen and oxygen atoms in total. The zero-order chi connectivity index (χ0) is 19.6. The second kappa shape index (κ2) is 10.8. The van der Waals surface area contributed by atoms with Gasteiger partial charge in [-0.25, -0.2) is 8.42 Å². The summed E-state index contributed by atoms with van der Waals surface area (Å²) in [7, 11) is -2.98. The highest BCUT2D eigenvalue weighted by atomic mass is 32.2. The van der Waals surface area contributed by atoms with Gasteiger partial charge < -0.3 is 9.47 Å². The molecule has 0 N–H and O–H groups in total. The molecule has 0 heterocycles. The maximum atomic E-state index is 12.1. The lowest BCUT2D eigenvalue weighted by Crippen LogP contribution is -2.30. The van der Waals surface area contributed by atoms with Crippen LogP contribution in [0.25, 0.3) is 0 Å². The van der Waals surface area contributed by atoms with Crippen LogP contribution in [-0.2, 0) is 16.3 Å². The zero-order valence-corrected chi connectivity index (χ0v) is 18.0. The largest absolute Gasteiger partial charge is 0.490 e. The van der Waals surface area contributed by atoms with E-state index in [4.69, 9.17) is 9.47 Å². The Morgan fingerprint density at radius 3 is 2.04 bits per heavy atom. The number of hydrogen-bond acceptors (Lipinski definition) is 4. The Morgan fingerprint density at radius 2 is 1.42 bits per heavy atom. The van der Waals surface area contributed by atoms with E-state index in [0.717, 1.165) is 50.0 Å². The molecule has 0 fully saturated rings. The number of rotatable bonds is 12. The number of ether oxygens (including phenoxy) is 2. The molecule has 0 aliphatic rings. The van der Waals surface area contributed by atoms with Crippen molar-refractivity contribution in [2.24, 2.45) is 0 Å². The van der Waals surface area contributed by atoms with E-state index < -0.39 is 14.6 Å². The summed E-state index contributed by atoms with van der Waals surface area (Å²) < 4.78 is 34.7. The molecule has 0 bridgehead atoms. The molecule has 0 atom stereocenters. The molecule has 0 saturated heterocycles. The van der Waals surface area contributed by atoms with Crippen LogP contribution in [0.1, 0.15) is 72.3 Å². The molecule has 150 valence electrons. The molecule has 0 aliphatic carbocycles. The number of aryl methyl sites for hydroxylation is 1. The van der Waals surface area contributed by atoms with Gasteiger partial charge in [-0.3, -0.25) is 0 Å². The molecule has 5 heteroatoms. The average molecular weight is 385 g/mol. The lowest BCUT2D eigenvalue weighted by molar-refractivity contribution is 0.287. The van der Waals surface area contributed by atoms with Crippen LogP contribution in [0.5, 0.6) is 11.5 Å². The third kappa shape index (κ3) is 7.56. The van der Waals surface area contributed by atoms with Gasteiger partial charge in [0, 0.05) is 0 Å². The normalized spacial score (nSPS) is 12.2. The summed E-state index contributed by atoms with van der Waals surface area (Å²) in [6.45, 7) is 10.5. The maximum Gasteiger partial charge on any atom is 0.161 e. The van der Waals surface area contributed by atoms with Crippen molar-refractivity contribution in [3.8, 4) is 11.5 Å². The smallest absolute Gasteiger partial charge is 0.161 e. The number of benzene rings is 1. The quantitative estimate of drug-likeness (QED) is 0.465. The lowest BCUT2D eigenvalue weighted by atomic mass is 10.1. The SMILES string of the molecule is CCOc1ccc(CCCCCCCS(=O)(=O)C(C)(C)C)cc1OCC. The highest BCUT2D eigenvalue weighted by Gasteiger charge is 2.27. The Labute approximate surface area is 160 Å². The van der Waals surface area contributed by atoms with E-state index in [1.165, 1.54) is 5.56 Å². The van der Waals surface area contributed by atoms with Gasteiger partial charge >= 0.3 is 0 Å². The second-order valence-corrected chi connectivity index (χ2v) is 10.5. The van der Waals surface area contributed by atoms with E-state index in [9.17, 15) is 8.42 Å². The van der Waals surface area contributed by atoms with E-state index in [0.29, 0.717) is 19.0 Å². The molecule has 0 aromatic heterocycles. The third-order valence-corrected chi connectivity index (χ3v) is 7.11. The van der Waals surface area contributed by atoms with Crippen LogP contribution in [0.2, 0.25) is 0 Å². The van der Waals surface area contributed by atoms with Crippen LogP contribution in [0.4, 0.5) is 0 Å². The number of hydrogen-bond donors (Lipinski definition) is 0. The Balaban J connectivity index is 2.32. The summed E-state index contributed by atoms with van der Waals surface area (Å²) in [4.78, 5) is 0. The van der Waals surface area contributed by atoms with Crippen LogP contribution >= 0.6 is 0 Å². The summed E-state index contributed by atoms with van der Waals surface area (Å²) in [6, 6.07) is 6.16.